The van der Waals surface area contributed by atoms with Crippen LogP contribution in [-0.4, -0.2) is 34.6 Å². The van der Waals surface area contributed by atoms with Gasteiger partial charge >= 0.3 is 12.8 Å². The number of carbonyl (C=O) groups is 1. The first kappa shape index (κ1) is 21.9. The Kier molecular flexibility index (Phi) is 6.04. The van der Waals surface area contributed by atoms with Gasteiger partial charge in [0.15, 0.2) is 22.9 Å². The fourth-order valence-electron chi connectivity index (χ4n) is 2.61. The van der Waals surface area contributed by atoms with Crippen LogP contribution in [0.15, 0.2) is 42.5 Å². The number of benzene rings is 2. The first-order valence-corrected chi connectivity index (χ1v) is 8.33. The van der Waals surface area contributed by atoms with E-state index < -0.39 is 41.6 Å². The molecule has 0 saturated heterocycles. The van der Waals surface area contributed by atoms with Gasteiger partial charge in [0.2, 0.25) is 0 Å². The normalized spacial score (nSPS) is 11.5. The Labute approximate surface area is 170 Å². The number of methoxy groups -OCH3 is 1. The highest BCUT2D eigenvalue weighted by molar-refractivity contribution is 6.04. The number of amides is 1. The van der Waals surface area contributed by atoms with Crippen LogP contribution >= 0.6 is 0 Å². The minimum absolute atomic E-state index is 0.0914. The molecule has 3 aromatic rings. The first-order valence-electron chi connectivity index (χ1n) is 8.33. The lowest BCUT2D eigenvalue weighted by Gasteiger charge is -2.13. The van der Waals surface area contributed by atoms with Gasteiger partial charge in [0.05, 0.1) is 12.8 Å². The van der Waals surface area contributed by atoms with E-state index >= 15 is 0 Å². The lowest BCUT2D eigenvalue weighted by molar-refractivity contribution is -0.143. The summed E-state index contributed by atoms with van der Waals surface area (Å²) in [6, 6.07) is 7.40. The van der Waals surface area contributed by atoms with Crippen molar-refractivity contribution in [3.05, 3.63) is 59.7 Å². The van der Waals surface area contributed by atoms with Crippen LogP contribution in [-0.2, 0) is 6.18 Å². The number of hydrogen-bond acceptors (Lipinski definition) is 5. The van der Waals surface area contributed by atoms with E-state index in [9.17, 15) is 31.1 Å². The first-order chi connectivity index (χ1) is 14.6. The number of carbonyl (C=O) groups excluding carboxylic acids is 1. The van der Waals surface area contributed by atoms with Gasteiger partial charge in [-0.25, -0.2) is 9.07 Å². The van der Waals surface area contributed by atoms with Crippen LogP contribution in [0.1, 0.15) is 16.2 Å². The molecule has 3 rings (SSSR count). The zero-order chi connectivity index (χ0) is 22.8. The molecule has 2 aromatic carbocycles. The van der Waals surface area contributed by atoms with E-state index in [1.165, 1.54) is 19.2 Å². The van der Waals surface area contributed by atoms with Gasteiger partial charge in [0.1, 0.15) is 5.82 Å². The lowest BCUT2D eigenvalue weighted by atomic mass is 10.2. The van der Waals surface area contributed by atoms with Crippen LogP contribution < -0.4 is 14.8 Å². The van der Waals surface area contributed by atoms with E-state index in [0.29, 0.717) is 0 Å². The van der Waals surface area contributed by atoms with Crippen LogP contribution in [0.4, 0.5) is 32.0 Å². The molecule has 164 valence electrons. The van der Waals surface area contributed by atoms with Gasteiger partial charge in [-0.3, -0.25) is 4.79 Å². The molecule has 1 heterocycles. The Bertz CT molecular complexity index is 1100. The van der Waals surface area contributed by atoms with Gasteiger partial charge in [-0.05, 0) is 30.3 Å². The van der Waals surface area contributed by atoms with E-state index in [1.54, 1.807) is 0 Å². The molecule has 1 aromatic heterocycles. The standard InChI is InChI=1S/C18H12F6N4O3/c1-30-12-6-5-10(8-13(12)31-17(20)21)25-16(29)14-15(18(22,23)24)28(27-26-14)11-4-2-3-9(19)7-11/h2-8,17H,1H3,(H,25,29). The summed E-state index contributed by atoms with van der Waals surface area (Å²) >= 11 is 0. The highest BCUT2D eigenvalue weighted by atomic mass is 19.4. The molecule has 0 atom stereocenters. The van der Waals surface area contributed by atoms with E-state index in [4.69, 9.17) is 4.74 Å². The van der Waals surface area contributed by atoms with Gasteiger partial charge < -0.3 is 14.8 Å². The summed E-state index contributed by atoms with van der Waals surface area (Å²) < 4.78 is 88.8. The van der Waals surface area contributed by atoms with Crippen molar-refractivity contribution in [3.63, 3.8) is 0 Å². The maximum Gasteiger partial charge on any atom is 0.435 e. The largest absolute Gasteiger partial charge is 0.493 e. The topological polar surface area (TPSA) is 78.3 Å². The number of nitrogens with zero attached hydrogens (tertiary/aromatic N) is 3. The monoisotopic (exact) mass is 446 g/mol. The third kappa shape index (κ3) is 4.87. The average molecular weight is 446 g/mol. The second kappa shape index (κ2) is 8.53. The lowest BCUT2D eigenvalue weighted by Crippen LogP contribution is -2.21. The third-order valence-electron chi connectivity index (χ3n) is 3.84. The molecule has 7 nitrogen and oxygen atoms in total. The Morgan fingerprint density at radius 1 is 1.13 bits per heavy atom. The summed E-state index contributed by atoms with van der Waals surface area (Å²) in [7, 11) is 1.19. The minimum atomic E-state index is -5.08. The van der Waals surface area contributed by atoms with Crippen molar-refractivity contribution < 1.29 is 40.6 Å². The fraction of sp³-hybridized carbons (Fsp3) is 0.167. The summed E-state index contributed by atoms with van der Waals surface area (Å²) in [6.07, 6.45) is -5.08. The fourth-order valence-corrected chi connectivity index (χ4v) is 2.61. The van der Waals surface area contributed by atoms with Gasteiger partial charge in [-0.2, -0.15) is 22.0 Å². The molecule has 0 radical (unpaired) electrons. The summed E-state index contributed by atoms with van der Waals surface area (Å²) in [5.74, 6) is -2.69. The molecule has 13 heteroatoms. The van der Waals surface area contributed by atoms with Gasteiger partial charge in [-0.15, -0.1) is 5.10 Å². The number of aromatic nitrogens is 3. The zero-order valence-corrected chi connectivity index (χ0v) is 15.5. The molecule has 0 fully saturated rings. The maximum atomic E-state index is 13.6. The quantitative estimate of drug-likeness (QED) is 0.572. The Balaban J connectivity index is 1.97. The smallest absolute Gasteiger partial charge is 0.435 e. The van der Waals surface area contributed by atoms with E-state index in [-0.39, 0.29) is 21.8 Å². The minimum Gasteiger partial charge on any atom is -0.493 e. The van der Waals surface area contributed by atoms with E-state index in [1.807, 2.05) is 0 Å². The average Bonchev–Trinajstić information content (AvgIpc) is 3.14. The van der Waals surface area contributed by atoms with Crippen molar-refractivity contribution >= 4 is 11.6 Å². The Morgan fingerprint density at radius 3 is 2.48 bits per heavy atom. The molecule has 31 heavy (non-hydrogen) atoms. The molecular weight excluding hydrogens is 434 g/mol. The predicted octanol–water partition coefficient (Wildman–Crippen LogP) is 4.29. The van der Waals surface area contributed by atoms with E-state index in [2.05, 4.69) is 20.4 Å². The van der Waals surface area contributed by atoms with Crippen molar-refractivity contribution in [2.24, 2.45) is 0 Å². The number of nitrogens with one attached hydrogen (secondary N) is 1. The van der Waals surface area contributed by atoms with Crippen LogP contribution in [0.3, 0.4) is 0 Å². The number of halogens is 6. The van der Waals surface area contributed by atoms with Gasteiger partial charge in [0, 0.05) is 11.8 Å². The molecule has 0 bridgehead atoms. The molecule has 1 amide bonds. The van der Waals surface area contributed by atoms with Crippen molar-refractivity contribution in [2.75, 3.05) is 12.4 Å². The third-order valence-corrected chi connectivity index (χ3v) is 3.84. The number of alkyl halides is 5. The second-order valence-electron chi connectivity index (χ2n) is 5.87. The van der Waals surface area contributed by atoms with Crippen molar-refractivity contribution in [1.29, 1.82) is 0 Å². The summed E-state index contributed by atoms with van der Waals surface area (Å²) in [5, 5.41) is 8.69. The number of rotatable bonds is 6. The molecule has 0 aliphatic heterocycles. The molecule has 1 N–H and O–H groups in total. The molecule has 0 aliphatic rings. The molecule has 0 unspecified atom stereocenters. The predicted molar refractivity (Wildman–Crippen MR) is 93.9 cm³/mol. The summed E-state index contributed by atoms with van der Waals surface area (Å²) in [4.78, 5) is 12.5. The van der Waals surface area contributed by atoms with Gasteiger partial charge in [-0.1, -0.05) is 11.3 Å². The molecule has 0 aliphatic carbocycles. The Hall–Kier alpha value is -3.77. The number of hydrogen-bond donors (Lipinski definition) is 1. The summed E-state index contributed by atoms with van der Waals surface area (Å²) in [5.41, 5.74) is -3.14. The number of anilines is 1. The molecule has 0 spiro atoms. The summed E-state index contributed by atoms with van der Waals surface area (Å²) in [6.45, 7) is -3.21. The van der Waals surface area contributed by atoms with Crippen LogP contribution in [0.5, 0.6) is 11.5 Å². The van der Waals surface area contributed by atoms with Crippen LogP contribution in [0.25, 0.3) is 5.69 Å². The Morgan fingerprint density at radius 2 is 1.87 bits per heavy atom. The number of ether oxygens (including phenoxy) is 2. The molecular formula is C18H12F6N4O3. The van der Waals surface area contributed by atoms with Crippen LogP contribution in [0, 0.1) is 5.82 Å². The second-order valence-corrected chi connectivity index (χ2v) is 5.87. The maximum absolute atomic E-state index is 13.6. The van der Waals surface area contributed by atoms with Crippen molar-refractivity contribution in [3.8, 4) is 17.2 Å². The van der Waals surface area contributed by atoms with Gasteiger partial charge in [0.25, 0.3) is 5.91 Å². The zero-order valence-electron chi connectivity index (χ0n) is 15.5. The highest BCUT2D eigenvalue weighted by Gasteiger charge is 2.42. The highest BCUT2D eigenvalue weighted by Crippen LogP contribution is 2.34. The van der Waals surface area contributed by atoms with Crippen molar-refractivity contribution in [1.82, 2.24) is 15.0 Å². The van der Waals surface area contributed by atoms with Crippen molar-refractivity contribution in [2.45, 2.75) is 12.8 Å². The van der Waals surface area contributed by atoms with E-state index in [0.717, 1.165) is 30.3 Å². The van der Waals surface area contributed by atoms with Crippen LogP contribution in [0.2, 0.25) is 0 Å². The SMILES string of the molecule is COc1ccc(NC(=O)c2nnn(-c3cccc(F)c3)c2C(F)(F)F)cc1OC(F)F. The molecule has 0 saturated carbocycles.